The first-order valence-corrected chi connectivity index (χ1v) is 6.32. The largest absolute Gasteiger partial charge is 0.396 e. The molecule has 16 heavy (non-hydrogen) atoms. The van der Waals surface area contributed by atoms with Crippen LogP contribution in [-0.4, -0.2) is 48.7 Å². The van der Waals surface area contributed by atoms with Crippen molar-refractivity contribution in [2.45, 2.75) is 19.8 Å². The summed E-state index contributed by atoms with van der Waals surface area (Å²) in [6.07, 6.45) is 1.93. The minimum absolute atomic E-state index is 0.206. The number of amides is 1. The second-order valence-corrected chi connectivity index (χ2v) is 5.19. The minimum Gasteiger partial charge on any atom is -0.396 e. The summed E-state index contributed by atoms with van der Waals surface area (Å²) in [5.41, 5.74) is 0. The normalized spacial score (nSPS) is 32.0. The van der Waals surface area contributed by atoms with Crippen LogP contribution in [0.5, 0.6) is 0 Å². The molecule has 2 aliphatic heterocycles. The molecule has 1 amide bonds. The van der Waals surface area contributed by atoms with Crippen LogP contribution in [0.2, 0.25) is 0 Å². The van der Waals surface area contributed by atoms with Gasteiger partial charge >= 0.3 is 0 Å². The Kier molecular flexibility index (Phi) is 3.82. The maximum absolute atomic E-state index is 12.2. The Balaban J connectivity index is 1.90. The highest BCUT2D eigenvalue weighted by molar-refractivity contribution is 5.79. The Morgan fingerprint density at radius 3 is 2.62 bits per heavy atom. The van der Waals surface area contributed by atoms with E-state index < -0.39 is 0 Å². The van der Waals surface area contributed by atoms with Crippen LogP contribution in [0.15, 0.2) is 0 Å². The Hall–Kier alpha value is -0.610. The van der Waals surface area contributed by atoms with Gasteiger partial charge in [0, 0.05) is 31.5 Å². The molecule has 0 aromatic heterocycles. The standard InChI is InChI=1S/C12H22N2O2/c1-9-6-14(7-11(9)8-15)12(16)10-2-4-13-5-3-10/h9-11,13,15H,2-8H2,1H3/t9-,11-/m0/s1. The van der Waals surface area contributed by atoms with E-state index in [-0.39, 0.29) is 18.4 Å². The molecule has 0 radical (unpaired) electrons. The zero-order valence-corrected chi connectivity index (χ0v) is 9.98. The smallest absolute Gasteiger partial charge is 0.225 e. The minimum atomic E-state index is 0.206. The summed E-state index contributed by atoms with van der Waals surface area (Å²) >= 11 is 0. The van der Waals surface area contributed by atoms with Crippen LogP contribution in [0, 0.1) is 17.8 Å². The number of aliphatic hydroxyl groups excluding tert-OH is 1. The molecule has 2 N–H and O–H groups in total. The van der Waals surface area contributed by atoms with Crippen LogP contribution < -0.4 is 5.32 Å². The molecule has 0 aliphatic carbocycles. The maximum atomic E-state index is 12.2. The lowest BCUT2D eigenvalue weighted by atomic mass is 9.97. The topological polar surface area (TPSA) is 52.6 Å². The van der Waals surface area contributed by atoms with Crippen molar-refractivity contribution in [2.75, 3.05) is 32.8 Å². The number of piperidine rings is 1. The first-order chi connectivity index (χ1) is 7.72. The van der Waals surface area contributed by atoms with Crippen LogP contribution in [0.1, 0.15) is 19.8 Å². The van der Waals surface area contributed by atoms with E-state index in [0.29, 0.717) is 11.8 Å². The van der Waals surface area contributed by atoms with Crippen LogP contribution in [0.3, 0.4) is 0 Å². The van der Waals surface area contributed by atoms with Gasteiger partial charge in [0.05, 0.1) is 0 Å². The van der Waals surface area contributed by atoms with Crippen LogP contribution in [0.25, 0.3) is 0 Å². The van der Waals surface area contributed by atoms with Crippen molar-refractivity contribution < 1.29 is 9.90 Å². The van der Waals surface area contributed by atoms with Crippen molar-refractivity contribution in [1.29, 1.82) is 0 Å². The highest BCUT2D eigenvalue weighted by Crippen LogP contribution is 2.25. The van der Waals surface area contributed by atoms with E-state index in [2.05, 4.69) is 12.2 Å². The first kappa shape index (κ1) is 11.9. The van der Waals surface area contributed by atoms with E-state index in [4.69, 9.17) is 0 Å². The summed E-state index contributed by atoms with van der Waals surface area (Å²) in [5.74, 6) is 1.25. The Labute approximate surface area is 97.0 Å². The monoisotopic (exact) mass is 226 g/mol. The fourth-order valence-corrected chi connectivity index (χ4v) is 2.78. The number of nitrogens with zero attached hydrogens (tertiary/aromatic N) is 1. The number of aliphatic hydroxyl groups is 1. The SMILES string of the molecule is C[C@H]1CN(C(=O)C2CCNCC2)C[C@H]1CO. The summed E-state index contributed by atoms with van der Waals surface area (Å²) in [6.45, 7) is 5.83. The lowest BCUT2D eigenvalue weighted by Crippen LogP contribution is -2.40. The molecule has 4 heteroatoms. The van der Waals surface area contributed by atoms with Crippen molar-refractivity contribution in [2.24, 2.45) is 17.8 Å². The molecule has 2 heterocycles. The summed E-state index contributed by atoms with van der Waals surface area (Å²) in [7, 11) is 0. The third-order valence-electron chi connectivity index (χ3n) is 4.00. The Morgan fingerprint density at radius 2 is 2.06 bits per heavy atom. The van der Waals surface area contributed by atoms with Gasteiger partial charge in [0.25, 0.3) is 0 Å². The van der Waals surface area contributed by atoms with Crippen molar-refractivity contribution in [3.8, 4) is 0 Å². The average molecular weight is 226 g/mol. The van der Waals surface area contributed by atoms with Crippen LogP contribution in [-0.2, 0) is 4.79 Å². The van der Waals surface area contributed by atoms with Gasteiger partial charge in [0.2, 0.25) is 5.91 Å². The maximum Gasteiger partial charge on any atom is 0.225 e. The molecule has 4 nitrogen and oxygen atoms in total. The quantitative estimate of drug-likeness (QED) is 0.701. The predicted molar refractivity (Wildman–Crippen MR) is 61.9 cm³/mol. The fourth-order valence-electron chi connectivity index (χ4n) is 2.78. The second kappa shape index (κ2) is 5.15. The van der Waals surface area contributed by atoms with Gasteiger partial charge in [-0.25, -0.2) is 0 Å². The van der Waals surface area contributed by atoms with E-state index in [1.807, 2.05) is 4.90 Å². The number of likely N-dealkylation sites (tertiary alicyclic amines) is 1. The number of hydrogen-bond donors (Lipinski definition) is 2. The zero-order valence-electron chi connectivity index (χ0n) is 9.98. The third kappa shape index (κ3) is 2.38. The van der Waals surface area contributed by atoms with Gasteiger partial charge in [-0.1, -0.05) is 6.92 Å². The van der Waals surface area contributed by atoms with Crippen LogP contribution >= 0.6 is 0 Å². The molecule has 2 saturated heterocycles. The molecule has 2 atom stereocenters. The highest BCUT2D eigenvalue weighted by Gasteiger charge is 2.34. The highest BCUT2D eigenvalue weighted by atomic mass is 16.3. The Morgan fingerprint density at radius 1 is 1.38 bits per heavy atom. The molecule has 0 aromatic carbocycles. The average Bonchev–Trinajstić information content (AvgIpc) is 2.71. The zero-order chi connectivity index (χ0) is 11.5. The van der Waals surface area contributed by atoms with Crippen molar-refractivity contribution in [3.05, 3.63) is 0 Å². The molecule has 92 valence electrons. The number of nitrogens with one attached hydrogen (secondary N) is 1. The number of carbonyl (C=O) groups is 1. The molecule has 0 spiro atoms. The van der Waals surface area contributed by atoms with Gasteiger partial charge in [-0.3, -0.25) is 4.79 Å². The summed E-state index contributed by atoms with van der Waals surface area (Å²) < 4.78 is 0. The van der Waals surface area contributed by atoms with Gasteiger partial charge in [-0.2, -0.15) is 0 Å². The molecule has 0 unspecified atom stereocenters. The second-order valence-electron chi connectivity index (χ2n) is 5.19. The van der Waals surface area contributed by atoms with Crippen molar-refractivity contribution in [1.82, 2.24) is 10.2 Å². The van der Waals surface area contributed by atoms with E-state index >= 15 is 0 Å². The van der Waals surface area contributed by atoms with E-state index in [9.17, 15) is 9.90 Å². The number of hydrogen-bond acceptors (Lipinski definition) is 3. The lowest BCUT2D eigenvalue weighted by Gasteiger charge is -2.26. The van der Waals surface area contributed by atoms with Gasteiger partial charge < -0.3 is 15.3 Å². The Bertz CT molecular complexity index is 251. The molecule has 2 fully saturated rings. The predicted octanol–water partition coefficient (Wildman–Crippen LogP) is 0.0728. The fraction of sp³-hybridized carbons (Fsp3) is 0.917. The summed E-state index contributed by atoms with van der Waals surface area (Å²) in [4.78, 5) is 14.2. The van der Waals surface area contributed by atoms with Gasteiger partial charge in [-0.15, -0.1) is 0 Å². The van der Waals surface area contributed by atoms with Crippen LogP contribution in [0.4, 0.5) is 0 Å². The van der Waals surface area contributed by atoms with Crippen molar-refractivity contribution in [3.63, 3.8) is 0 Å². The van der Waals surface area contributed by atoms with Gasteiger partial charge in [0.15, 0.2) is 0 Å². The third-order valence-corrected chi connectivity index (χ3v) is 4.00. The summed E-state index contributed by atoms with van der Waals surface area (Å²) in [6, 6.07) is 0. The number of carbonyl (C=O) groups excluding carboxylic acids is 1. The summed E-state index contributed by atoms with van der Waals surface area (Å²) in [5, 5.41) is 12.5. The number of rotatable bonds is 2. The molecular weight excluding hydrogens is 204 g/mol. The van der Waals surface area contributed by atoms with E-state index in [0.717, 1.165) is 39.0 Å². The molecule has 0 saturated carbocycles. The van der Waals surface area contributed by atoms with Gasteiger partial charge in [0.1, 0.15) is 0 Å². The molecule has 0 aromatic rings. The molecular formula is C12H22N2O2. The van der Waals surface area contributed by atoms with Crippen molar-refractivity contribution >= 4 is 5.91 Å². The van der Waals surface area contributed by atoms with E-state index in [1.54, 1.807) is 0 Å². The molecule has 0 bridgehead atoms. The van der Waals surface area contributed by atoms with Gasteiger partial charge in [-0.05, 0) is 31.8 Å². The molecule has 2 rings (SSSR count). The lowest BCUT2D eigenvalue weighted by molar-refractivity contribution is -0.135. The van der Waals surface area contributed by atoms with E-state index in [1.165, 1.54) is 0 Å². The first-order valence-electron chi connectivity index (χ1n) is 6.32. The molecule has 2 aliphatic rings.